The van der Waals surface area contributed by atoms with Gasteiger partial charge in [-0.3, -0.25) is 9.69 Å². The van der Waals surface area contributed by atoms with Gasteiger partial charge in [-0.2, -0.15) is 0 Å². The molecule has 108 valence electrons. The fraction of sp³-hybridized carbons (Fsp3) is 0.429. The number of carbonyl (C=O) groups excluding carboxylic acids is 1. The van der Waals surface area contributed by atoms with Gasteiger partial charge in [-0.1, -0.05) is 24.4 Å². The highest BCUT2D eigenvalue weighted by Gasteiger charge is 2.23. The number of nitrogens with two attached hydrogens (primary N) is 1. The van der Waals surface area contributed by atoms with Gasteiger partial charge in [0.05, 0.1) is 6.54 Å². The maximum atomic E-state index is 13.9. The van der Waals surface area contributed by atoms with Crippen LogP contribution >= 0.6 is 12.2 Å². The molecular weight excluding hydrogens is 277 g/mol. The summed E-state index contributed by atoms with van der Waals surface area (Å²) in [6.45, 7) is 0.620. The highest BCUT2D eigenvalue weighted by Crippen LogP contribution is 2.18. The van der Waals surface area contributed by atoms with Gasteiger partial charge < -0.3 is 11.1 Å². The lowest BCUT2D eigenvalue weighted by molar-refractivity contribution is -0.122. The van der Waals surface area contributed by atoms with E-state index in [1.54, 1.807) is 24.1 Å². The van der Waals surface area contributed by atoms with Gasteiger partial charge in [0.2, 0.25) is 5.91 Å². The summed E-state index contributed by atoms with van der Waals surface area (Å²) in [5, 5.41) is 2.90. The van der Waals surface area contributed by atoms with Crippen LogP contribution in [0.15, 0.2) is 18.2 Å². The molecule has 0 unspecified atom stereocenters. The molecule has 0 heterocycles. The molecule has 3 N–H and O–H groups in total. The quantitative estimate of drug-likeness (QED) is 0.774. The van der Waals surface area contributed by atoms with E-state index >= 15 is 0 Å². The van der Waals surface area contributed by atoms with E-state index in [0.29, 0.717) is 23.7 Å². The number of likely N-dealkylation sites (N-methyl/N-ethyl adjacent to an activating group) is 1. The van der Waals surface area contributed by atoms with Crippen molar-refractivity contribution in [2.24, 2.45) is 5.73 Å². The maximum absolute atomic E-state index is 13.9. The van der Waals surface area contributed by atoms with Crippen LogP contribution in [0.3, 0.4) is 0 Å². The first kappa shape index (κ1) is 14.9. The second kappa shape index (κ2) is 6.28. The Morgan fingerprint density at radius 1 is 1.55 bits per heavy atom. The lowest BCUT2D eigenvalue weighted by Crippen LogP contribution is -2.36. The number of benzene rings is 1. The average molecular weight is 295 g/mol. The molecule has 0 spiro atoms. The number of nitrogens with zero attached hydrogens (tertiary/aromatic N) is 1. The number of nitrogens with one attached hydrogen (secondary N) is 1. The third-order valence-corrected chi connectivity index (χ3v) is 3.37. The highest BCUT2D eigenvalue weighted by atomic mass is 32.1. The van der Waals surface area contributed by atoms with E-state index in [4.69, 9.17) is 18.0 Å². The highest BCUT2D eigenvalue weighted by molar-refractivity contribution is 7.80. The Morgan fingerprint density at radius 2 is 2.25 bits per heavy atom. The zero-order chi connectivity index (χ0) is 14.7. The van der Waals surface area contributed by atoms with Gasteiger partial charge in [0.25, 0.3) is 0 Å². The Kier molecular flexibility index (Phi) is 4.67. The van der Waals surface area contributed by atoms with E-state index in [0.717, 1.165) is 12.8 Å². The zero-order valence-electron chi connectivity index (χ0n) is 11.4. The lowest BCUT2D eigenvalue weighted by Gasteiger charge is -2.17. The van der Waals surface area contributed by atoms with Crippen LogP contribution in [0.4, 0.5) is 4.39 Å². The molecule has 0 aliphatic heterocycles. The smallest absolute Gasteiger partial charge is 0.234 e. The van der Waals surface area contributed by atoms with Gasteiger partial charge in [-0.25, -0.2) is 4.39 Å². The van der Waals surface area contributed by atoms with Crippen molar-refractivity contribution in [3.63, 3.8) is 0 Å². The SMILES string of the molecule is CN(CC(=O)NC1CC1)Cc1ccc(C(N)=S)cc1F. The molecule has 1 aromatic carbocycles. The Hall–Kier alpha value is -1.53. The van der Waals surface area contributed by atoms with E-state index in [1.165, 1.54) is 6.07 Å². The molecule has 1 fully saturated rings. The molecule has 0 saturated heterocycles. The van der Waals surface area contributed by atoms with Crippen LogP contribution in [0.25, 0.3) is 0 Å². The van der Waals surface area contributed by atoms with Crippen LogP contribution in [0.5, 0.6) is 0 Å². The molecule has 6 heteroatoms. The monoisotopic (exact) mass is 295 g/mol. The Balaban J connectivity index is 1.91. The first-order valence-electron chi connectivity index (χ1n) is 6.52. The number of rotatable bonds is 6. The first-order valence-corrected chi connectivity index (χ1v) is 6.92. The van der Waals surface area contributed by atoms with Crippen molar-refractivity contribution in [2.75, 3.05) is 13.6 Å². The molecule has 1 aliphatic carbocycles. The number of thiocarbonyl (C=S) groups is 1. The molecule has 0 radical (unpaired) electrons. The van der Waals surface area contributed by atoms with E-state index in [-0.39, 0.29) is 23.3 Å². The summed E-state index contributed by atoms with van der Waals surface area (Å²) in [6.07, 6.45) is 2.12. The topological polar surface area (TPSA) is 58.4 Å². The largest absolute Gasteiger partial charge is 0.389 e. The maximum Gasteiger partial charge on any atom is 0.234 e. The summed E-state index contributed by atoms with van der Waals surface area (Å²) < 4.78 is 13.9. The second-order valence-electron chi connectivity index (χ2n) is 5.18. The minimum absolute atomic E-state index is 0.0184. The fourth-order valence-electron chi connectivity index (χ4n) is 1.92. The summed E-state index contributed by atoms with van der Waals surface area (Å²) in [7, 11) is 1.79. The van der Waals surface area contributed by atoms with Crippen molar-refractivity contribution in [2.45, 2.75) is 25.4 Å². The fourth-order valence-corrected chi connectivity index (χ4v) is 2.05. The van der Waals surface area contributed by atoms with Crippen LogP contribution in [-0.4, -0.2) is 35.4 Å². The number of halogens is 1. The van der Waals surface area contributed by atoms with Crippen LogP contribution < -0.4 is 11.1 Å². The number of hydrogen-bond acceptors (Lipinski definition) is 3. The molecule has 1 saturated carbocycles. The van der Waals surface area contributed by atoms with Crippen LogP contribution in [0.2, 0.25) is 0 Å². The number of amides is 1. The molecule has 2 rings (SSSR count). The number of carbonyl (C=O) groups is 1. The summed E-state index contributed by atoms with van der Waals surface area (Å²) in [6, 6.07) is 5.02. The van der Waals surface area contributed by atoms with Crippen molar-refractivity contribution in [3.8, 4) is 0 Å². The zero-order valence-corrected chi connectivity index (χ0v) is 12.2. The van der Waals surface area contributed by atoms with Crippen LogP contribution in [0, 0.1) is 5.82 Å². The second-order valence-corrected chi connectivity index (χ2v) is 5.62. The van der Waals surface area contributed by atoms with Gasteiger partial charge >= 0.3 is 0 Å². The third kappa shape index (κ3) is 4.25. The molecule has 4 nitrogen and oxygen atoms in total. The van der Waals surface area contributed by atoms with Gasteiger partial charge in [0.15, 0.2) is 0 Å². The molecular formula is C14H18FN3OS. The predicted octanol–water partition coefficient (Wildman–Crippen LogP) is 1.17. The van der Waals surface area contributed by atoms with Gasteiger partial charge in [-0.05, 0) is 26.0 Å². The minimum Gasteiger partial charge on any atom is -0.389 e. The number of hydrogen-bond donors (Lipinski definition) is 2. The van der Waals surface area contributed by atoms with Crippen molar-refractivity contribution in [3.05, 3.63) is 35.1 Å². The third-order valence-electron chi connectivity index (χ3n) is 3.13. The Bertz CT molecular complexity index is 531. The van der Waals surface area contributed by atoms with Gasteiger partial charge in [-0.15, -0.1) is 0 Å². The lowest BCUT2D eigenvalue weighted by atomic mass is 10.1. The van der Waals surface area contributed by atoms with E-state index < -0.39 is 0 Å². The predicted molar refractivity (Wildman–Crippen MR) is 79.8 cm³/mol. The molecule has 0 bridgehead atoms. The Morgan fingerprint density at radius 3 is 2.80 bits per heavy atom. The first-order chi connectivity index (χ1) is 9.45. The van der Waals surface area contributed by atoms with Gasteiger partial charge in [0.1, 0.15) is 10.8 Å². The van der Waals surface area contributed by atoms with Crippen LogP contribution in [0.1, 0.15) is 24.0 Å². The van der Waals surface area contributed by atoms with E-state index in [9.17, 15) is 9.18 Å². The van der Waals surface area contributed by atoms with E-state index in [1.807, 2.05) is 0 Å². The van der Waals surface area contributed by atoms with Crippen molar-refractivity contribution < 1.29 is 9.18 Å². The van der Waals surface area contributed by atoms with Crippen molar-refractivity contribution in [1.82, 2.24) is 10.2 Å². The molecule has 20 heavy (non-hydrogen) atoms. The standard InChI is InChI=1S/C14H18FN3OS/c1-18(8-13(19)17-11-4-5-11)7-10-3-2-9(14(16)20)6-12(10)15/h2-3,6,11H,4-5,7-8H2,1H3,(H2,16,20)(H,17,19). The van der Waals surface area contributed by atoms with Crippen LogP contribution in [-0.2, 0) is 11.3 Å². The normalized spacial score (nSPS) is 14.3. The summed E-state index contributed by atoms with van der Waals surface area (Å²) in [5.41, 5.74) is 6.48. The van der Waals surface area contributed by atoms with E-state index in [2.05, 4.69) is 5.32 Å². The summed E-state index contributed by atoms with van der Waals surface area (Å²) in [4.78, 5) is 13.6. The Labute approximate surface area is 123 Å². The van der Waals surface area contributed by atoms with Gasteiger partial charge in [0, 0.05) is 23.7 Å². The summed E-state index contributed by atoms with van der Waals surface area (Å²) in [5.74, 6) is -0.375. The van der Waals surface area contributed by atoms with Crippen molar-refractivity contribution in [1.29, 1.82) is 0 Å². The molecule has 1 aliphatic rings. The molecule has 1 amide bonds. The molecule has 0 aromatic heterocycles. The minimum atomic E-state index is -0.357. The average Bonchev–Trinajstić information content (AvgIpc) is 3.15. The van der Waals surface area contributed by atoms with Crippen molar-refractivity contribution >= 4 is 23.1 Å². The molecule has 1 aromatic rings. The molecule has 0 atom stereocenters. The summed E-state index contributed by atoms with van der Waals surface area (Å²) >= 11 is 4.80.